The standard InChI is InChI=1S/C19H15ClN4OS/c20-16-7-3-1-6-14(16)11-24-12-17(22-23-24)19(25)21-10-15-9-13-5-2-4-8-18(13)26-15/h1-9,12H,10-11H2,(H,21,25). The summed E-state index contributed by atoms with van der Waals surface area (Å²) in [6.07, 6.45) is 1.63. The van der Waals surface area contributed by atoms with Crippen LogP contribution in [0.4, 0.5) is 0 Å². The third kappa shape index (κ3) is 3.61. The summed E-state index contributed by atoms with van der Waals surface area (Å²) in [5.41, 5.74) is 1.22. The minimum absolute atomic E-state index is 0.243. The Balaban J connectivity index is 1.40. The predicted octanol–water partition coefficient (Wildman–Crippen LogP) is 4.12. The van der Waals surface area contributed by atoms with E-state index in [0.29, 0.717) is 18.1 Å². The van der Waals surface area contributed by atoms with Crippen molar-refractivity contribution >= 4 is 38.9 Å². The fourth-order valence-corrected chi connectivity index (χ4v) is 3.86. The van der Waals surface area contributed by atoms with E-state index in [1.165, 1.54) is 10.1 Å². The molecule has 0 aliphatic heterocycles. The number of thiophene rings is 1. The zero-order valence-electron chi connectivity index (χ0n) is 13.7. The summed E-state index contributed by atoms with van der Waals surface area (Å²) in [4.78, 5) is 13.4. The SMILES string of the molecule is O=C(NCc1cc2ccccc2s1)c1cn(Cc2ccccc2Cl)nn1. The topological polar surface area (TPSA) is 59.8 Å². The summed E-state index contributed by atoms with van der Waals surface area (Å²) in [5, 5.41) is 12.7. The largest absolute Gasteiger partial charge is 0.346 e. The quantitative estimate of drug-likeness (QED) is 0.564. The lowest BCUT2D eigenvalue weighted by molar-refractivity contribution is 0.0946. The molecule has 7 heteroatoms. The fourth-order valence-electron chi connectivity index (χ4n) is 2.66. The van der Waals surface area contributed by atoms with Crippen molar-refractivity contribution in [3.8, 4) is 0 Å². The molecule has 0 atom stereocenters. The zero-order valence-corrected chi connectivity index (χ0v) is 15.3. The second kappa shape index (κ2) is 7.27. The Kier molecular flexibility index (Phi) is 4.69. The molecule has 2 aromatic heterocycles. The lowest BCUT2D eigenvalue weighted by Crippen LogP contribution is -2.22. The first-order chi connectivity index (χ1) is 12.7. The molecule has 0 aliphatic carbocycles. The molecule has 26 heavy (non-hydrogen) atoms. The average molecular weight is 383 g/mol. The highest BCUT2D eigenvalue weighted by Gasteiger charge is 2.12. The lowest BCUT2D eigenvalue weighted by atomic mass is 10.2. The maximum atomic E-state index is 12.3. The summed E-state index contributed by atoms with van der Waals surface area (Å²) >= 11 is 7.83. The van der Waals surface area contributed by atoms with Gasteiger partial charge in [0, 0.05) is 14.6 Å². The number of hydrogen-bond donors (Lipinski definition) is 1. The number of nitrogens with zero attached hydrogens (tertiary/aromatic N) is 3. The number of hydrogen-bond acceptors (Lipinski definition) is 4. The average Bonchev–Trinajstić information content (AvgIpc) is 3.28. The molecule has 0 saturated carbocycles. The van der Waals surface area contributed by atoms with Gasteiger partial charge in [-0.1, -0.05) is 53.2 Å². The third-order valence-electron chi connectivity index (χ3n) is 3.96. The third-order valence-corrected chi connectivity index (χ3v) is 5.45. The summed E-state index contributed by atoms with van der Waals surface area (Å²) in [5.74, 6) is -0.243. The van der Waals surface area contributed by atoms with Crippen molar-refractivity contribution in [2.75, 3.05) is 0 Å². The first kappa shape index (κ1) is 16.8. The van der Waals surface area contributed by atoms with E-state index in [2.05, 4.69) is 33.8 Å². The van der Waals surface area contributed by atoms with Gasteiger partial charge in [-0.2, -0.15) is 0 Å². The molecule has 1 N–H and O–H groups in total. The van der Waals surface area contributed by atoms with Gasteiger partial charge in [-0.15, -0.1) is 16.4 Å². The minimum atomic E-state index is -0.243. The number of rotatable bonds is 5. The van der Waals surface area contributed by atoms with Crippen LogP contribution in [-0.4, -0.2) is 20.9 Å². The first-order valence-corrected chi connectivity index (χ1v) is 9.28. The van der Waals surface area contributed by atoms with E-state index in [1.807, 2.05) is 36.4 Å². The number of carbonyl (C=O) groups is 1. The molecular formula is C19H15ClN4OS. The molecule has 2 aromatic carbocycles. The molecule has 0 spiro atoms. The lowest BCUT2D eigenvalue weighted by Gasteiger charge is -2.02. The van der Waals surface area contributed by atoms with Crippen molar-refractivity contribution in [3.05, 3.63) is 82.0 Å². The highest BCUT2D eigenvalue weighted by atomic mass is 35.5. The van der Waals surface area contributed by atoms with Crippen LogP contribution >= 0.6 is 22.9 Å². The smallest absolute Gasteiger partial charge is 0.273 e. The van der Waals surface area contributed by atoms with Gasteiger partial charge >= 0.3 is 0 Å². The van der Waals surface area contributed by atoms with E-state index in [4.69, 9.17) is 11.6 Å². The molecule has 0 unspecified atom stereocenters. The second-order valence-electron chi connectivity index (χ2n) is 5.83. The highest BCUT2D eigenvalue weighted by Crippen LogP contribution is 2.25. The number of benzene rings is 2. The van der Waals surface area contributed by atoms with E-state index in [0.717, 1.165) is 10.4 Å². The molecule has 4 rings (SSSR count). The molecule has 0 radical (unpaired) electrons. The molecule has 130 valence electrons. The maximum Gasteiger partial charge on any atom is 0.273 e. The molecule has 0 bridgehead atoms. The summed E-state index contributed by atoms with van der Waals surface area (Å²) in [6, 6.07) is 17.8. The Morgan fingerprint density at radius 2 is 1.96 bits per heavy atom. The Hall–Kier alpha value is -2.70. The number of carbonyl (C=O) groups excluding carboxylic acids is 1. The van der Waals surface area contributed by atoms with E-state index >= 15 is 0 Å². The molecule has 4 aromatic rings. The van der Waals surface area contributed by atoms with Gasteiger partial charge in [0.1, 0.15) is 0 Å². The first-order valence-electron chi connectivity index (χ1n) is 8.08. The zero-order chi connectivity index (χ0) is 17.9. The summed E-state index contributed by atoms with van der Waals surface area (Å²) in [6.45, 7) is 0.936. The van der Waals surface area contributed by atoms with Crippen LogP contribution in [0.3, 0.4) is 0 Å². The van der Waals surface area contributed by atoms with Gasteiger partial charge in [0.25, 0.3) is 5.91 Å². The van der Waals surface area contributed by atoms with Gasteiger partial charge in [-0.25, -0.2) is 4.68 Å². The van der Waals surface area contributed by atoms with Gasteiger partial charge in [-0.05, 0) is 29.1 Å². The van der Waals surface area contributed by atoms with Crippen molar-refractivity contribution in [3.63, 3.8) is 0 Å². The van der Waals surface area contributed by atoms with Crippen LogP contribution < -0.4 is 5.32 Å². The molecule has 0 aliphatic rings. The highest BCUT2D eigenvalue weighted by molar-refractivity contribution is 7.19. The number of halogens is 1. The van der Waals surface area contributed by atoms with E-state index in [9.17, 15) is 4.79 Å². The van der Waals surface area contributed by atoms with E-state index < -0.39 is 0 Å². The number of amides is 1. The Labute approximate surface area is 159 Å². The van der Waals surface area contributed by atoms with Gasteiger partial charge < -0.3 is 5.32 Å². The van der Waals surface area contributed by atoms with Crippen molar-refractivity contribution in [1.29, 1.82) is 0 Å². The van der Waals surface area contributed by atoms with Crippen LogP contribution in [0.15, 0.2) is 60.8 Å². The van der Waals surface area contributed by atoms with Gasteiger partial charge in [0.2, 0.25) is 0 Å². The molecular weight excluding hydrogens is 368 g/mol. The minimum Gasteiger partial charge on any atom is -0.346 e. The van der Waals surface area contributed by atoms with Crippen LogP contribution in [0.1, 0.15) is 20.9 Å². The molecule has 5 nitrogen and oxygen atoms in total. The van der Waals surface area contributed by atoms with Crippen LogP contribution in [0.5, 0.6) is 0 Å². The van der Waals surface area contributed by atoms with Crippen molar-refractivity contribution < 1.29 is 4.79 Å². The molecule has 0 saturated heterocycles. The van der Waals surface area contributed by atoms with Crippen molar-refractivity contribution in [2.24, 2.45) is 0 Å². The summed E-state index contributed by atoms with van der Waals surface area (Å²) < 4.78 is 2.82. The number of aromatic nitrogens is 3. The van der Waals surface area contributed by atoms with Crippen LogP contribution in [-0.2, 0) is 13.1 Å². The molecule has 0 fully saturated rings. The number of nitrogens with one attached hydrogen (secondary N) is 1. The van der Waals surface area contributed by atoms with Crippen LogP contribution in [0.25, 0.3) is 10.1 Å². The van der Waals surface area contributed by atoms with Crippen LogP contribution in [0, 0.1) is 0 Å². The van der Waals surface area contributed by atoms with Crippen molar-refractivity contribution in [1.82, 2.24) is 20.3 Å². The Morgan fingerprint density at radius 1 is 1.15 bits per heavy atom. The van der Waals surface area contributed by atoms with E-state index in [1.54, 1.807) is 22.2 Å². The van der Waals surface area contributed by atoms with Crippen LogP contribution in [0.2, 0.25) is 5.02 Å². The van der Waals surface area contributed by atoms with Gasteiger partial charge in [-0.3, -0.25) is 4.79 Å². The fraction of sp³-hybridized carbons (Fsp3) is 0.105. The van der Waals surface area contributed by atoms with Crippen molar-refractivity contribution in [2.45, 2.75) is 13.1 Å². The molecule has 2 heterocycles. The number of fused-ring (bicyclic) bond motifs is 1. The van der Waals surface area contributed by atoms with E-state index in [-0.39, 0.29) is 11.6 Å². The maximum absolute atomic E-state index is 12.3. The summed E-state index contributed by atoms with van der Waals surface area (Å²) in [7, 11) is 0. The normalized spacial score (nSPS) is 11.0. The molecule has 1 amide bonds. The Bertz CT molecular complexity index is 1040. The second-order valence-corrected chi connectivity index (χ2v) is 7.40. The Morgan fingerprint density at radius 3 is 2.81 bits per heavy atom. The predicted molar refractivity (Wildman–Crippen MR) is 104 cm³/mol. The van der Waals surface area contributed by atoms with Gasteiger partial charge in [0.05, 0.1) is 19.3 Å². The van der Waals surface area contributed by atoms with Gasteiger partial charge in [0.15, 0.2) is 5.69 Å². The monoisotopic (exact) mass is 382 g/mol.